The largest absolute Gasteiger partial charge is 0.247 e. The molecule has 11 rings (SSSR count). The van der Waals surface area contributed by atoms with Crippen LogP contribution in [0.3, 0.4) is 0 Å². The van der Waals surface area contributed by atoms with E-state index in [1.165, 1.54) is 0 Å². The van der Waals surface area contributed by atoms with Crippen LogP contribution < -0.4 is 0 Å². The molecule has 7 nitrogen and oxygen atoms in total. The van der Waals surface area contributed by atoms with Crippen LogP contribution >= 0.6 is 0 Å². The second-order valence-electron chi connectivity index (χ2n) is 14.4. The van der Waals surface area contributed by atoms with Crippen LogP contribution in [-0.2, 0) is 0 Å². The van der Waals surface area contributed by atoms with Gasteiger partial charge >= 0.3 is 0 Å². The zero-order valence-corrected chi connectivity index (χ0v) is 31.7. The Kier molecular flexibility index (Phi) is 8.33. The Labute approximate surface area is 340 Å². The minimum absolute atomic E-state index is 0.627. The van der Waals surface area contributed by atoms with Crippen molar-refractivity contribution in [2.75, 3.05) is 0 Å². The van der Waals surface area contributed by atoms with Gasteiger partial charge in [0.15, 0.2) is 17.5 Å². The van der Waals surface area contributed by atoms with Gasteiger partial charge in [-0.15, -0.1) is 10.2 Å². The number of hydrogen-bond acceptors (Lipinski definition) is 6. The van der Waals surface area contributed by atoms with E-state index in [9.17, 15) is 0 Å². The first-order valence-electron chi connectivity index (χ1n) is 19.5. The van der Waals surface area contributed by atoms with Gasteiger partial charge in [-0.2, -0.15) is 4.80 Å². The molecule has 0 aliphatic heterocycles. The lowest BCUT2D eigenvalue weighted by atomic mass is 9.93. The topological polar surface area (TPSA) is 82.3 Å². The number of hydrogen-bond donors (Lipinski definition) is 0. The highest BCUT2D eigenvalue weighted by Gasteiger charge is 2.21. The molecular weight excluding hydrogens is 723 g/mol. The SMILES string of the molecule is c1ccc(-c2nc(-c3ccccc3)nc(-c3ccc(-c4ccc(-c5nc6ccccc6c6c5cc(-c5ccccc5)c5nn(-c7ccccc7)nc56)cc4)cc3)n2)cc1. The molecule has 0 unspecified atom stereocenters. The number of fused-ring (bicyclic) bond motifs is 5. The number of benzene rings is 8. The van der Waals surface area contributed by atoms with Gasteiger partial charge in [0.2, 0.25) is 0 Å². The predicted molar refractivity (Wildman–Crippen MR) is 238 cm³/mol. The van der Waals surface area contributed by atoms with Crippen molar-refractivity contribution in [3.8, 4) is 73.4 Å². The van der Waals surface area contributed by atoms with E-state index in [4.69, 9.17) is 30.1 Å². The molecule has 0 saturated heterocycles. The Morgan fingerprint density at radius 1 is 0.322 bits per heavy atom. The lowest BCUT2D eigenvalue weighted by molar-refractivity contribution is 0.766. The molecule has 7 heteroatoms. The first-order chi connectivity index (χ1) is 29.2. The lowest BCUT2D eigenvalue weighted by Gasteiger charge is -2.13. The Morgan fingerprint density at radius 2 is 0.763 bits per heavy atom. The van der Waals surface area contributed by atoms with E-state index in [0.29, 0.717) is 17.5 Å². The number of para-hydroxylation sites is 2. The Hall–Kier alpha value is -8.16. The van der Waals surface area contributed by atoms with Crippen molar-refractivity contribution in [2.24, 2.45) is 0 Å². The Bertz CT molecular complexity index is 3220. The van der Waals surface area contributed by atoms with Crippen LogP contribution in [0, 0.1) is 0 Å². The van der Waals surface area contributed by atoms with Crippen LogP contribution in [-0.4, -0.2) is 34.9 Å². The third kappa shape index (κ3) is 6.27. The Balaban J connectivity index is 1.01. The molecule has 0 saturated carbocycles. The van der Waals surface area contributed by atoms with Gasteiger partial charge in [0.05, 0.1) is 16.9 Å². The van der Waals surface area contributed by atoms with Gasteiger partial charge in [0.1, 0.15) is 11.0 Å². The molecule has 11 aromatic rings. The quantitative estimate of drug-likeness (QED) is 0.151. The molecular formula is C52H33N7. The summed E-state index contributed by atoms with van der Waals surface area (Å²) in [5.41, 5.74) is 12.5. The van der Waals surface area contributed by atoms with Crippen LogP contribution in [0.2, 0.25) is 0 Å². The van der Waals surface area contributed by atoms with Gasteiger partial charge in [-0.3, -0.25) is 0 Å². The van der Waals surface area contributed by atoms with Crippen LogP contribution in [0.25, 0.3) is 106 Å². The standard InChI is InChI=1S/C52H33N7/c1-5-15-36(16-6-1)43-33-44-46(49-48(43)57-59(58-49)41-21-11-4-12-22-41)42-23-13-14-24-45(42)53-47(44)37-29-25-34(26-30-37)35-27-31-40(32-28-35)52-55-50(38-17-7-2-8-18-38)54-51(56-52)39-19-9-3-10-20-39/h1-33H. The zero-order valence-electron chi connectivity index (χ0n) is 31.7. The fraction of sp³-hybridized carbons (Fsp3) is 0. The van der Waals surface area contributed by atoms with Gasteiger partial charge in [0.25, 0.3) is 0 Å². The molecule has 0 N–H and O–H groups in total. The van der Waals surface area contributed by atoms with Gasteiger partial charge < -0.3 is 0 Å². The van der Waals surface area contributed by atoms with Crippen LogP contribution in [0.5, 0.6) is 0 Å². The molecule has 0 aliphatic rings. The highest BCUT2D eigenvalue weighted by molar-refractivity contribution is 6.23. The number of nitrogens with zero attached hydrogens (tertiary/aromatic N) is 7. The van der Waals surface area contributed by atoms with E-state index >= 15 is 0 Å². The first kappa shape index (κ1) is 34.1. The maximum absolute atomic E-state index is 5.31. The average molecular weight is 756 g/mol. The second kappa shape index (κ2) is 14.4. The molecule has 59 heavy (non-hydrogen) atoms. The van der Waals surface area contributed by atoms with E-state index in [2.05, 4.69) is 97.1 Å². The summed E-state index contributed by atoms with van der Waals surface area (Å²) in [4.78, 5) is 21.7. The summed E-state index contributed by atoms with van der Waals surface area (Å²) in [5, 5.41) is 13.4. The predicted octanol–water partition coefficient (Wildman–Crippen LogP) is 12.3. The Morgan fingerprint density at radius 3 is 1.34 bits per heavy atom. The number of pyridine rings is 1. The van der Waals surface area contributed by atoms with E-state index < -0.39 is 0 Å². The molecule has 0 atom stereocenters. The van der Waals surface area contributed by atoms with E-state index in [1.54, 1.807) is 4.80 Å². The molecule has 0 bridgehead atoms. The summed E-state index contributed by atoms with van der Waals surface area (Å²) in [6.07, 6.45) is 0. The maximum atomic E-state index is 5.31. The molecule has 276 valence electrons. The zero-order chi connectivity index (χ0) is 39.1. The fourth-order valence-electron chi connectivity index (χ4n) is 7.80. The first-order valence-corrected chi connectivity index (χ1v) is 19.5. The van der Waals surface area contributed by atoms with Crippen LogP contribution in [0.4, 0.5) is 0 Å². The summed E-state index contributed by atoms with van der Waals surface area (Å²) in [6.45, 7) is 0. The van der Waals surface area contributed by atoms with Crippen LogP contribution in [0.15, 0.2) is 200 Å². The van der Waals surface area contributed by atoms with Crippen molar-refractivity contribution in [3.63, 3.8) is 0 Å². The van der Waals surface area contributed by atoms with Gasteiger partial charge in [-0.05, 0) is 41.0 Å². The van der Waals surface area contributed by atoms with E-state index in [-0.39, 0.29) is 0 Å². The summed E-state index contributed by atoms with van der Waals surface area (Å²) < 4.78 is 0. The lowest BCUT2D eigenvalue weighted by Crippen LogP contribution is -2.00. The summed E-state index contributed by atoms with van der Waals surface area (Å²) in [7, 11) is 0. The van der Waals surface area contributed by atoms with Gasteiger partial charge in [-0.1, -0.05) is 176 Å². The molecule has 0 amide bonds. The van der Waals surface area contributed by atoms with Crippen LogP contribution in [0.1, 0.15) is 0 Å². The van der Waals surface area contributed by atoms with Crippen molar-refractivity contribution >= 4 is 32.7 Å². The van der Waals surface area contributed by atoms with Crippen molar-refractivity contribution in [3.05, 3.63) is 200 Å². The highest BCUT2D eigenvalue weighted by Crippen LogP contribution is 2.41. The molecule has 8 aromatic carbocycles. The third-order valence-corrected chi connectivity index (χ3v) is 10.7. The van der Waals surface area contributed by atoms with Crippen molar-refractivity contribution in [1.82, 2.24) is 34.9 Å². The normalized spacial score (nSPS) is 11.4. The summed E-state index contributed by atoms with van der Waals surface area (Å²) in [5.74, 6) is 1.91. The monoisotopic (exact) mass is 755 g/mol. The second-order valence-corrected chi connectivity index (χ2v) is 14.4. The van der Waals surface area contributed by atoms with E-state index in [1.807, 2.05) is 103 Å². The average Bonchev–Trinajstić information content (AvgIpc) is 3.78. The van der Waals surface area contributed by atoms with Crippen molar-refractivity contribution < 1.29 is 0 Å². The summed E-state index contributed by atoms with van der Waals surface area (Å²) >= 11 is 0. The third-order valence-electron chi connectivity index (χ3n) is 10.7. The van der Waals surface area contributed by atoms with Crippen molar-refractivity contribution in [1.29, 1.82) is 0 Å². The fourth-order valence-corrected chi connectivity index (χ4v) is 7.80. The molecule has 0 radical (unpaired) electrons. The highest BCUT2D eigenvalue weighted by atomic mass is 15.5. The van der Waals surface area contributed by atoms with Gasteiger partial charge in [0, 0.05) is 44.0 Å². The van der Waals surface area contributed by atoms with Gasteiger partial charge in [-0.25, -0.2) is 19.9 Å². The molecule has 0 fully saturated rings. The van der Waals surface area contributed by atoms with E-state index in [0.717, 1.165) is 88.6 Å². The van der Waals surface area contributed by atoms with Crippen molar-refractivity contribution in [2.45, 2.75) is 0 Å². The molecule has 0 spiro atoms. The smallest absolute Gasteiger partial charge is 0.164 e. The minimum Gasteiger partial charge on any atom is -0.247 e. The number of aromatic nitrogens is 7. The molecule has 0 aliphatic carbocycles. The summed E-state index contributed by atoms with van der Waals surface area (Å²) in [6, 6.07) is 68.2. The molecule has 3 aromatic heterocycles. The molecule has 3 heterocycles. The number of rotatable bonds is 7. The maximum Gasteiger partial charge on any atom is 0.164 e. The minimum atomic E-state index is 0.627.